The maximum atomic E-state index is 12.4. The number of carbonyl (C=O) groups is 1. The quantitative estimate of drug-likeness (QED) is 0.572. The van der Waals surface area contributed by atoms with Gasteiger partial charge in [-0.3, -0.25) is 14.9 Å². The first kappa shape index (κ1) is 20.5. The number of hydrogen-bond donors (Lipinski definition) is 1. The zero-order valence-electron chi connectivity index (χ0n) is 16.4. The minimum Gasteiger partial charge on any atom is -0.344 e. The predicted octanol–water partition coefficient (Wildman–Crippen LogP) is 4.28. The van der Waals surface area contributed by atoms with Crippen LogP contribution in [0.1, 0.15) is 59.4 Å². The summed E-state index contributed by atoms with van der Waals surface area (Å²) in [7, 11) is 0. The van der Waals surface area contributed by atoms with Crippen molar-refractivity contribution >= 4 is 11.6 Å². The number of nitro groups is 1. The monoisotopic (exact) mass is 374 g/mol. The molecule has 2 aromatic rings. The van der Waals surface area contributed by atoms with E-state index in [2.05, 4.69) is 15.5 Å². The van der Waals surface area contributed by atoms with Gasteiger partial charge in [-0.25, -0.2) is 0 Å². The van der Waals surface area contributed by atoms with Crippen molar-refractivity contribution < 1.29 is 14.2 Å². The smallest absolute Gasteiger partial charge is 0.269 e. The lowest BCUT2D eigenvalue weighted by molar-refractivity contribution is -0.384. The third kappa shape index (κ3) is 5.60. The van der Waals surface area contributed by atoms with Crippen molar-refractivity contribution in [3.05, 3.63) is 40.3 Å². The molecule has 0 aliphatic heterocycles. The number of nitro benzene ring substituents is 1. The average Bonchev–Trinajstić information content (AvgIpc) is 3.07. The van der Waals surface area contributed by atoms with E-state index in [1.807, 2.05) is 34.6 Å². The number of amides is 1. The standard InChI is InChI=1S/C19H26N4O4/c1-6-12(2)16(20-15(24)11-19(3,4)5)18-21-17(22-27-18)13-7-9-14(10-8-13)23(25)26/h7-10,12,16H,6,11H2,1-5H3,(H,20,24)/t12-,16+/m1/s1. The summed E-state index contributed by atoms with van der Waals surface area (Å²) in [5.41, 5.74) is 0.483. The lowest BCUT2D eigenvalue weighted by Gasteiger charge is -2.23. The number of hydrogen-bond acceptors (Lipinski definition) is 6. The second-order valence-electron chi connectivity index (χ2n) is 7.93. The Morgan fingerprint density at radius 3 is 2.44 bits per heavy atom. The predicted molar refractivity (Wildman–Crippen MR) is 101 cm³/mol. The minimum absolute atomic E-state index is 0.00519. The third-order valence-corrected chi connectivity index (χ3v) is 4.26. The first-order valence-corrected chi connectivity index (χ1v) is 8.98. The highest BCUT2D eigenvalue weighted by molar-refractivity contribution is 5.77. The first-order valence-electron chi connectivity index (χ1n) is 8.98. The van der Waals surface area contributed by atoms with Crippen molar-refractivity contribution in [2.45, 2.75) is 53.5 Å². The topological polar surface area (TPSA) is 111 Å². The summed E-state index contributed by atoms with van der Waals surface area (Å²) in [6, 6.07) is 5.54. The number of aromatic nitrogens is 2. The molecule has 0 radical (unpaired) electrons. The molecule has 27 heavy (non-hydrogen) atoms. The zero-order valence-corrected chi connectivity index (χ0v) is 16.4. The highest BCUT2D eigenvalue weighted by atomic mass is 16.6. The molecule has 0 saturated heterocycles. The van der Waals surface area contributed by atoms with Gasteiger partial charge in [-0.2, -0.15) is 4.98 Å². The van der Waals surface area contributed by atoms with E-state index in [1.54, 1.807) is 12.1 Å². The molecule has 0 saturated carbocycles. The van der Waals surface area contributed by atoms with E-state index in [9.17, 15) is 14.9 Å². The average molecular weight is 374 g/mol. The van der Waals surface area contributed by atoms with Crippen LogP contribution in [0.4, 0.5) is 5.69 Å². The van der Waals surface area contributed by atoms with Crippen LogP contribution < -0.4 is 5.32 Å². The molecule has 1 amide bonds. The third-order valence-electron chi connectivity index (χ3n) is 4.26. The summed E-state index contributed by atoms with van der Waals surface area (Å²) in [5.74, 6) is 0.709. The number of nitrogens with zero attached hydrogens (tertiary/aromatic N) is 3. The van der Waals surface area contributed by atoms with Gasteiger partial charge < -0.3 is 9.84 Å². The van der Waals surface area contributed by atoms with Gasteiger partial charge in [0, 0.05) is 24.1 Å². The minimum atomic E-state index is -0.463. The molecule has 0 aliphatic carbocycles. The van der Waals surface area contributed by atoms with Gasteiger partial charge in [-0.05, 0) is 23.5 Å². The van der Waals surface area contributed by atoms with Gasteiger partial charge in [0.25, 0.3) is 5.69 Å². The fourth-order valence-corrected chi connectivity index (χ4v) is 2.60. The number of benzene rings is 1. The molecule has 2 rings (SSSR count). The van der Waals surface area contributed by atoms with Gasteiger partial charge in [0.1, 0.15) is 6.04 Å². The van der Waals surface area contributed by atoms with Crippen LogP contribution in [0.25, 0.3) is 11.4 Å². The Morgan fingerprint density at radius 1 is 1.30 bits per heavy atom. The van der Waals surface area contributed by atoms with Crippen molar-refractivity contribution in [2.24, 2.45) is 11.3 Å². The molecular weight excluding hydrogens is 348 g/mol. The van der Waals surface area contributed by atoms with E-state index >= 15 is 0 Å². The Labute approximate surface area is 158 Å². The van der Waals surface area contributed by atoms with Gasteiger partial charge >= 0.3 is 0 Å². The van der Waals surface area contributed by atoms with Crippen LogP contribution >= 0.6 is 0 Å². The molecule has 0 spiro atoms. The largest absolute Gasteiger partial charge is 0.344 e. The maximum absolute atomic E-state index is 12.4. The number of rotatable bonds is 7. The molecule has 0 aliphatic rings. The van der Waals surface area contributed by atoms with Crippen LogP contribution in [-0.2, 0) is 4.79 Å². The molecule has 8 nitrogen and oxygen atoms in total. The molecule has 0 fully saturated rings. The lowest BCUT2D eigenvalue weighted by atomic mass is 9.91. The van der Waals surface area contributed by atoms with Gasteiger partial charge in [0.2, 0.25) is 17.6 Å². The Morgan fingerprint density at radius 2 is 1.93 bits per heavy atom. The fraction of sp³-hybridized carbons (Fsp3) is 0.526. The summed E-state index contributed by atoms with van der Waals surface area (Å²) < 4.78 is 5.40. The van der Waals surface area contributed by atoms with Crippen molar-refractivity contribution in [3.63, 3.8) is 0 Å². The molecule has 0 unspecified atom stereocenters. The van der Waals surface area contributed by atoms with Gasteiger partial charge in [0.05, 0.1) is 4.92 Å². The number of nitrogens with one attached hydrogen (secondary N) is 1. The molecule has 146 valence electrons. The van der Waals surface area contributed by atoms with Gasteiger partial charge in [0.15, 0.2) is 0 Å². The van der Waals surface area contributed by atoms with Gasteiger partial charge in [-0.15, -0.1) is 0 Å². The second kappa shape index (κ2) is 8.28. The van der Waals surface area contributed by atoms with Crippen LogP contribution in [0.3, 0.4) is 0 Å². The Hall–Kier alpha value is -2.77. The Kier molecular flexibility index (Phi) is 6.30. The highest BCUT2D eigenvalue weighted by Gasteiger charge is 2.28. The molecular formula is C19H26N4O4. The lowest BCUT2D eigenvalue weighted by Crippen LogP contribution is -2.34. The summed E-state index contributed by atoms with van der Waals surface area (Å²) in [6.07, 6.45) is 1.22. The summed E-state index contributed by atoms with van der Waals surface area (Å²) >= 11 is 0. The molecule has 1 N–H and O–H groups in total. The number of non-ortho nitro benzene ring substituents is 1. The van der Waals surface area contributed by atoms with E-state index < -0.39 is 4.92 Å². The SMILES string of the molecule is CC[C@@H](C)[C@H](NC(=O)CC(C)(C)C)c1nc(-c2ccc([N+](=O)[O-])cc2)no1. The van der Waals surface area contributed by atoms with Crippen LogP contribution in [0.15, 0.2) is 28.8 Å². The highest BCUT2D eigenvalue weighted by Crippen LogP contribution is 2.27. The summed E-state index contributed by atoms with van der Waals surface area (Å²) in [6.45, 7) is 10.1. The normalized spacial score (nSPS) is 13.8. The summed E-state index contributed by atoms with van der Waals surface area (Å²) in [5, 5.41) is 17.7. The van der Waals surface area contributed by atoms with E-state index in [4.69, 9.17) is 4.52 Å². The Balaban J connectivity index is 2.22. The van der Waals surface area contributed by atoms with Crippen LogP contribution in [-0.4, -0.2) is 21.0 Å². The van der Waals surface area contributed by atoms with E-state index in [1.165, 1.54) is 12.1 Å². The van der Waals surface area contributed by atoms with Gasteiger partial charge in [-0.1, -0.05) is 46.2 Å². The van der Waals surface area contributed by atoms with Crippen molar-refractivity contribution in [1.82, 2.24) is 15.5 Å². The molecule has 8 heteroatoms. The van der Waals surface area contributed by atoms with Crippen LogP contribution in [0.2, 0.25) is 0 Å². The van der Waals surface area contributed by atoms with Crippen LogP contribution in [0, 0.1) is 21.4 Å². The molecule has 1 aromatic heterocycles. The fourth-order valence-electron chi connectivity index (χ4n) is 2.60. The van der Waals surface area contributed by atoms with Crippen molar-refractivity contribution in [2.75, 3.05) is 0 Å². The van der Waals surface area contributed by atoms with Crippen molar-refractivity contribution in [3.8, 4) is 11.4 Å². The van der Waals surface area contributed by atoms with Crippen LogP contribution in [0.5, 0.6) is 0 Å². The zero-order chi connectivity index (χ0) is 20.2. The molecule has 2 atom stereocenters. The Bertz CT molecular complexity index is 793. The molecule has 1 heterocycles. The maximum Gasteiger partial charge on any atom is 0.269 e. The number of carbonyl (C=O) groups excluding carboxylic acids is 1. The second-order valence-corrected chi connectivity index (χ2v) is 7.93. The van der Waals surface area contributed by atoms with E-state index in [0.29, 0.717) is 23.7 Å². The van der Waals surface area contributed by atoms with E-state index in [0.717, 1.165) is 6.42 Å². The van der Waals surface area contributed by atoms with E-state index in [-0.39, 0.29) is 29.0 Å². The molecule has 1 aromatic carbocycles. The summed E-state index contributed by atoms with van der Waals surface area (Å²) in [4.78, 5) is 27.1. The molecule has 0 bridgehead atoms. The van der Waals surface area contributed by atoms with Crippen molar-refractivity contribution in [1.29, 1.82) is 0 Å². The first-order chi connectivity index (χ1) is 12.6.